The maximum absolute atomic E-state index is 10.8. The lowest BCUT2D eigenvalue weighted by Crippen LogP contribution is -2.22. The summed E-state index contributed by atoms with van der Waals surface area (Å²) in [6, 6.07) is 0. The molecule has 0 aromatic rings. The first-order valence-electron chi connectivity index (χ1n) is 3.85. The lowest BCUT2D eigenvalue weighted by molar-refractivity contribution is 0.207. The van der Waals surface area contributed by atoms with E-state index in [1.165, 1.54) is 0 Å². The Balaban J connectivity index is 3.26. The number of hydrogen-bond acceptors (Lipinski definition) is 3. The molecule has 0 aromatic heterocycles. The minimum Gasteiger partial charge on any atom is -0.414 e. The minimum atomic E-state index is -1.61. The quantitative estimate of drug-likeness (QED) is 0.430. The molecule has 0 fully saturated rings. The summed E-state index contributed by atoms with van der Waals surface area (Å²) in [6.07, 6.45) is 1.19. The highest BCUT2D eigenvalue weighted by atomic mass is 32.9. The molecule has 0 rings (SSSR count). The molecule has 1 N–H and O–H groups in total. The molecule has 12 heavy (non-hydrogen) atoms. The molecule has 0 aromatic carbocycles. The zero-order valence-corrected chi connectivity index (χ0v) is 9.71. The van der Waals surface area contributed by atoms with Crippen molar-refractivity contribution in [1.82, 2.24) is 5.32 Å². The Morgan fingerprint density at radius 1 is 1.67 bits per heavy atom. The molecule has 0 aliphatic carbocycles. The van der Waals surface area contributed by atoms with Gasteiger partial charge in [-0.25, -0.2) is 4.79 Å². The number of carbonyl (C=O) groups is 1. The van der Waals surface area contributed by atoms with E-state index < -0.39 is 12.2 Å². The number of thiol groups is 1. The van der Waals surface area contributed by atoms with Gasteiger partial charge in [-0.15, -0.1) is 12.2 Å². The summed E-state index contributed by atoms with van der Waals surface area (Å²) in [6.45, 7) is 2.77. The van der Waals surface area contributed by atoms with Gasteiger partial charge in [0.25, 0.3) is 0 Å². The molecule has 1 atom stereocenters. The number of carbonyl (C=O) groups excluding carboxylic acids is 1. The van der Waals surface area contributed by atoms with Gasteiger partial charge in [0.2, 0.25) is 0 Å². The number of unbranched alkanes of at least 4 members (excludes halogenated alkanes) is 2. The first-order valence-corrected chi connectivity index (χ1v) is 7.68. The second-order valence-electron chi connectivity index (χ2n) is 2.29. The molecule has 0 radical (unpaired) electrons. The van der Waals surface area contributed by atoms with Crippen LogP contribution in [0.25, 0.3) is 0 Å². The monoisotopic (exact) mass is 227 g/mol. The summed E-state index contributed by atoms with van der Waals surface area (Å²) >= 11 is 8.47. The van der Waals surface area contributed by atoms with Gasteiger partial charge in [-0.3, -0.25) is 0 Å². The van der Waals surface area contributed by atoms with Crippen LogP contribution in [0.5, 0.6) is 0 Å². The van der Waals surface area contributed by atoms with E-state index in [0.29, 0.717) is 6.54 Å². The average molecular weight is 227 g/mol. The van der Waals surface area contributed by atoms with Gasteiger partial charge in [0.05, 0.1) is 0 Å². The number of amides is 1. The normalized spacial score (nSPS) is 12.2. The maximum Gasteiger partial charge on any atom is 0.410 e. The van der Waals surface area contributed by atoms with Crippen molar-refractivity contribution >= 4 is 36.3 Å². The van der Waals surface area contributed by atoms with Gasteiger partial charge in [0.1, 0.15) is 0 Å². The lowest BCUT2D eigenvalue weighted by atomic mass is 10.2. The van der Waals surface area contributed by atoms with Gasteiger partial charge in [0, 0.05) is 6.54 Å². The molecule has 0 heterocycles. The van der Waals surface area contributed by atoms with Gasteiger partial charge >= 0.3 is 6.09 Å². The largest absolute Gasteiger partial charge is 0.414 e. The van der Waals surface area contributed by atoms with Crippen molar-refractivity contribution in [3.05, 3.63) is 0 Å². The fourth-order valence-corrected chi connectivity index (χ4v) is 1.39. The average Bonchev–Trinajstić information content (AvgIpc) is 1.97. The van der Waals surface area contributed by atoms with E-state index in [4.69, 9.17) is 0 Å². The Labute approximate surface area is 83.9 Å². The zero-order valence-electron chi connectivity index (χ0n) is 7.00. The van der Waals surface area contributed by atoms with E-state index in [-0.39, 0.29) is 0 Å². The van der Waals surface area contributed by atoms with Gasteiger partial charge in [-0.1, -0.05) is 19.8 Å². The molecule has 0 aliphatic heterocycles. The molecule has 1 amide bonds. The van der Waals surface area contributed by atoms with E-state index in [0.717, 1.165) is 19.3 Å². The topological polar surface area (TPSA) is 38.3 Å². The van der Waals surface area contributed by atoms with Crippen LogP contribution in [-0.4, -0.2) is 12.6 Å². The van der Waals surface area contributed by atoms with Gasteiger partial charge in [-0.2, -0.15) is 0 Å². The van der Waals surface area contributed by atoms with Crippen LogP contribution in [-0.2, 0) is 16.3 Å². The van der Waals surface area contributed by atoms with Crippen molar-refractivity contribution in [2.75, 3.05) is 6.54 Å². The van der Waals surface area contributed by atoms with Crippen LogP contribution in [0.15, 0.2) is 0 Å². The minimum absolute atomic E-state index is 0.440. The number of rotatable bonds is 5. The van der Waals surface area contributed by atoms with Crippen LogP contribution in [0.4, 0.5) is 4.79 Å². The zero-order chi connectivity index (χ0) is 9.40. The molecule has 0 aliphatic rings. The van der Waals surface area contributed by atoms with Crippen LogP contribution in [0.1, 0.15) is 26.2 Å². The molecule has 0 bridgehead atoms. The summed E-state index contributed by atoms with van der Waals surface area (Å²) in [4.78, 5) is 10.8. The molecular formula is C6H14NO2PS2. The number of nitrogens with one attached hydrogen (secondary N) is 1. The summed E-state index contributed by atoms with van der Waals surface area (Å²) < 4.78 is 4.66. The van der Waals surface area contributed by atoms with Crippen molar-refractivity contribution in [3.63, 3.8) is 0 Å². The van der Waals surface area contributed by atoms with E-state index in [9.17, 15) is 4.79 Å². The predicted octanol–water partition coefficient (Wildman–Crippen LogP) is 2.34. The molecule has 6 heteroatoms. The fraction of sp³-hybridized carbons (Fsp3) is 0.833. The van der Waals surface area contributed by atoms with Crippen molar-refractivity contribution < 1.29 is 9.32 Å². The third-order valence-corrected chi connectivity index (χ3v) is 2.11. The van der Waals surface area contributed by atoms with Crippen LogP contribution in [0.3, 0.4) is 0 Å². The molecule has 0 spiro atoms. The van der Waals surface area contributed by atoms with Gasteiger partial charge in [-0.05, 0) is 18.2 Å². The number of hydrogen-bond donors (Lipinski definition) is 2. The molecule has 72 valence electrons. The van der Waals surface area contributed by atoms with Crippen LogP contribution in [0, 0.1) is 0 Å². The molecular weight excluding hydrogens is 213 g/mol. The fourth-order valence-electron chi connectivity index (χ4n) is 0.681. The summed E-state index contributed by atoms with van der Waals surface area (Å²) in [5, 5.41) is 2.60. The lowest BCUT2D eigenvalue weighted by Gasteiger charge is -2.04. The molecule has 1 unspecified atom stereocenters. The maximum atomic E-state index is 10.8. The van der Waals surface area contributed by atoms with Crippen LogP contribution in [0.2, 0.25) is 0 Å². The molecule has 0 saturated carbocycles. The van der Waals surface area contributed by atoms with E-state index in [2.05, 4.69) is 40.8 Å². The Morgan fingerprint density at radius 3 is 2.83 bits per heavy atom. The van der Waals surface area contributed by atoms with E-state index >= 15 is 0 Å². The second kappa shape index (κ2) is 7.90. The first-order chi connectivity index (χ1) is 5.66. The van der Waals surface area contributed by atoms with Crippen LogP contribution >= 0.6 is 18.4 Å². The van der Waals surface area contributed by atoms with Crippen molar-refractivity contribution in [3.8, 4) is 0 Å². The van der Waals surface area contributed by atoms with Gasteiger partial charge < -0.3 is 9.84 Å². The Kier molecular flexibility index (Phi) is 8.07. The highest BCUT2D eigenvalue weighted by molar-refractivity contribution is 8.54. The van der Waals surface area contributed by atoms with E-state index in [1.54, 1.807) is 0 Å². The smallest absolute Gasteiger partial charge is 0.410 e. The highest BCUT2D eigenvalue weighted by Crippen LogP contribution is 2.26. The third kappa shape index (κ3) is 8.37. The first kappa shape index (κ1) is 12.3. The molecule has 3 nitrogen and oxygen atoms in total. The van der Waals surface area contributed by atoms with Gasteiger partial charge in [0.15, 0.2) is 6.13 Å². The van der Waals surface area contributed by atoms with E-state index in [1.807, 2.05) is 0 Å². The highest BCUT2D eigenvalue weighted by Gasteiger charge is 1.99. The van der Waals surface area contributed by atoms with Crippen molar-refractivity contribution in [1.29, 1.82) is 0 Å². The Morgan fingerprint density at radius 2 is 2.33 bits per heavy atom. The summed E-state index contributed by atoms with van der Waals surface area (Å²) in [5.74, 6) is 0. The third-order valence-electron chi connectivity index (χ3n) is 1.23. The van der Waals surface area contributed by atoms with Crippen molar-refractivity contribution in [2.45, 2.75) is 26.2 Å². The standard InChI is InChI=1S/C6H14NO2PS2/c1-2-3-4-5-7-6(8)9-10(11)12/h10H,2-5H2,1H3,(H,7,8)(H,11,12). The summed E-state index contributed by atoms with van der Waals surface area (Å²) in [7, 11) is 0. The predicted molar refractivity (Wildman–Crippen MR) is 58.7 cm³/mol. The Hall–Kier alpha value is 0.270. The van der Waals surface area contributed by atoms with Crippen LogP contribution < -0.4 is 5.32 Å². The molecule has 0 saturated heterocycles. The summed E-state index contributed by atoms with van der Waals surface area (Å²) in [5.41, 5.74) is 0. The Bertz CT molecular complexity index is 166. The SMILES string of the molecule is CCCCCNC(=O)O[PH](=S)S. The van der Waals surface area contributed by atoms with Crippen molar-refractivity contribution in [2.24, 2.45) is 0 Å². The second-order valence-corrected chi connectivity index (χ2v) is 6.26.